The first kappa shape index (κ1) is 14.9. The molecule has 1 aliphatic heterocycles. The van der Waals surface area contributed by atoms with Crippen molar-refractivity contribution in [2.45, 2.75) is 24.5 Å². The third-order valence-corrected chi connectivity index (χ3v) is 4.26. The fraction of sp³-hybridized carbons (Fsp3) is 0.455. The molecule has 2 aromatic heterocycles. The number of nitrogens with zero attached hydrogens (tertiary/aromatic N) is 3. The lowest BCUT2D eigenvalue weighted by Gasteiger charge is -2.17. The smallest absolute Gasteiger partial charge is 0.223 e. The molecule has 0 spiro atoms. The summed E-state index contributed by atoms with van der Waals surface area (Å²) in [4.78, 5) is 7.96. The SMILES string of the molecule is Nc1nc(Cl)c2c(Br)cn([C@@H]3O[C@H](CO)[C@@H](O)[C@H]3O)c2n1. The van der Waals surface area contributed by atoms with E-state index in [0.29, 0.717) is 15.5 Å². The van der Waals surface area contributed by atoms with Crippen LogP contribution in [0.4, 0.5) is 5.95 Å². The largest absolute Gasteiger partial charge is 0.394 e. The highest BCUT2D eigenvalue weighted by atomic mass is 79.9. The molecule has 21 heavy (non-hydrogen) atoms. The van der Waals surface area contributed by atoms with Crippen molar-refractivity contribution >= 4 is 44.5 Å². The molecule has 0 saturated carbocycles. The summed E-state index contributed by atoms with van der Waals surface area (Å²) in [6.45, 7) is -0.410. The molecule has 0 amide bonds. The summed E-state index contributed by atoms with van der Waals surface area (Å²) >= 11 is 9.37. The van der Waals surface area contributed by atoms with Crippen LogP contribution in [0.15, 0.2) is 10.7 Å². The van der Waals surface area contributed by atoms with Crippen molar-refractivity contribution in [2.75, 3.05) is 12.3 Å². The van der Waals surface area contributed by atoms with Gasteiger partial charge in [-0.25, -0.2) is 4.98 Å². The van der Waals surface area contributed by atoms with Crippen LogP contribution in [0, 0.1) is 0 Å². The number of halogens is 2. The maximum absolute atomic E-state index is 10.1. The molecular formula is C11H12BrClN4O4. The molecule has 0 aliphatic carbocycles. The summed E-state index contributed by atoms with van der Waals surface area (Å²) in [5.74, 6) is -0.0221. The van der Waals surface area contributed by atoms with Crippen LogP contribution < -0.4 is 5.73 Å². The van der Waals surface area contributed by atoms with Gasteiger partial charge in [-0.3, -0.25) is 0 Å². The second kappa shape index (κ2) is 5.34. The minimum Gasteiger partial charge on any atom is -0.394 e. The standard InChI is InChI=1S/C11H12BrClN4O4/c12-3-1-17(9-5(3)8(13)15-11(14)16-9)10-7(20)6(19)4(2-18)21-10/h1,4,6-7,10,18-20H,2H2,(H2,14,15,16)/t4-,6-,7-,10-/m1/s1. The molecule has 5 N–H and O–H groups in total. The summed E-state index contributed by atoms with van der Waals surface area (Å²) in [5, 5.41) is 29.7. The molecule has 0 radical (unpaired) electrons. The van der Waals surface area contributed by atoms with E-state index in [2.05, 4.69) is 25.9 Å². The fourth-order valence-electron chi connectivity index (χ4n) is 2.38. The van der Waals surface area contributed by atoms with Gasteiger partial charge in [-0.1, -0.05) is 11.6 Å². The highest BCUT2D eigenvalue weighted by Gasteiger charge is 2.44. The van der Waals surface area contributed by atoms with Crippen LogP contribution in [0.1, 0.15) is 6.23 Å². The number of hydrogen-bond acceptors (Lipinski definition) is 7. The Kier molecular flexibility index (Phi) is 3.80. The first-order chi connectivity index (χ1) is 9.93. The van der Waals surface area contributed by atoms with E-state index in [1.165, 1.54) is 4.57 Å². The van der Waals surface area contributed by atoms with E-state index >= 15 is 0 Å². The van der Waals surface area contributed by atoms with Crippen molar-refractivity contribution in [3.8, 4) is 0 Å². The van der Waals surface area contributed by atoms with Crippen molar-refractivity contribution in [3.05, 3.63) is 15.8 Å². The van der Waals surface area contributed by atoms with Crippen LogP contribution in [-0.4, -0.2) is 54.8 Å². The van der Waals surface area contributed by atoms with Crippen LogP contribution in [0.5, 0.6) is 0 Å². The molecule has 3 rings (SSSR count). The van der Waals surface area contributed by atoms with Crippen molar-refractivity contribution < 1.29 is 20.1 Å². The maximum atomic E-state index is 10.1. The van der Waals surface area contributed by atoms with Gasteiger partial charge >= 0.3 is 0 Å². The Hall–Kier alpha value is -0.970. The second-order valence-electron chi connectivity index (χ2n) is 4.68. The highest BCUT2D eigenvalue weighted by Crippen LogP contribution is 2.37. The lowest BCUT2D eigenvalue weighted by Crippen LogP contribution is -2.33. The topological polar surface area (TPSA) is 127 Å². The van der Waals surface area contributed by atoms with E-state index in [-0.39, 0.29) is 11.1 Å². The van der Waals surface area contributed by atoms with Gasteiger partial charge in [0.05, 0.1) is 12.0 Å². The number of fused-ring (bicyclic) bond motifs is 1. The number of nitrogens with two attached hydrogens (primary N) is 1. The van der Waals surface area contributed by atoms with E-state index in [1.807, 2.05) is 0 Å². The zero-order valence-electron chi connectivity index (χ0n) is 10.5. The maximum Gasteiger partial charge on any atom is 0.223 e. The number of anilines is 1. The molecule has 1 saturated heterocycles. The molecule has 3 heterocycles. The fourth-order valence-corrected chi connectivity index (χ4v) is 3.35. The Labute approximate surface area is 132 Å². The normalized spacial score (nSPS) is 29.4. The molecular weight excluding hydrogens is 368 g/mol. The van der Waals surface area contributed by atoms with Crippen molar-refractivity contribution in [1.29, 1.82) is 0 Å². The van der Waals surface area contributed by atoms with Crippen LogP contribution in [0.2, 0.25) is 5.15 Å². The predicted octanol–water partition coefficient (Wildman–Crippen LogP) is 0.0409. The molecule has 10 heteroatoms. The van der Waals surface area contributed by atoms with Crippen molar-refractivity contribution in [3.63, 3.8) is 0 Å². The van der Waals surface area contributed by atoms with Gasteiger partial charge in [-0.05, 0) is 15.9 Å². The first-order valence-electron chi connectivity index (χ1n) is 6.05. The first-order valence-corrected chi connectivity index (χ1v) is 7.22. The Morgan fingerprint density at radius 2 is 2.10 bits per heavy atom. The predicted molar refractivity (Wildman–Crippen MR) is 77.7 cm³/mol. The van der Waals surface area contributed by atoms with E-state index in [9.17, 15) is 10.2 Å². The number of ether oxygens (including phenoxy) is 1. The van der Waals surface area contributed by atoms with Gasteiger partial charge in [-0.2, -0.15) is 4.98 Å². The molecule has 8 nitrogen and oxygen atoms in total. The molecule has 0 bridgehead atoms. The average molecular weight is 380 g/mol. The van der Waals surface area contributed by atoms with Crippen LogP contribution >= 0.6 is 27.5 Å². The van der Waals surface area contributed by atoms with Gasteiger partial charge < -0.3 is 30.4 Å². The Morgan fingerprint density at radius 3 is 2.71 bits per heavy atom. The Bertz CT molecular complexity index is 696. The number of hydrogen-bond donors (Lipinski definition) is 4. The molecule has 1 aliphatic rings. The van der Waals surface area contributed by atoms with Gasteiger partial charge in [0.15, 0.2) is 6.23 Å². The van der Waals surface area contributed by atoms with Crippen LogP contribution in [0.3, 0.4) is 0 Å². The van der Waals surface area contributed by atoms with Gasteiger partial charge in [0, 0.05) is 10.7 Å². The molecule has 0 unspecified atom stereocenters. The van der Waals surface area contributed by atoms with Gasteiger partial charge in [-0.15, -0.1) is 0 Å². The zero-order valence-corrected chi connectivity index (χ0v) is 12.9. The third-order valence-electron chi connectivity index (χ3n) is 3.39. The van der Waals surface area contributed by atoms with E-state index in [4.69, 9.17) is 27.2 Å². The third kappa shape index (κ3) is 2.30. The van der Waals surface area contributed by atoms with Crippen LogP contribution in [-0.2, 0) is 4.74 Å². The summed E-state index contributed by atoms with van der Waals surface area (Å²) in [5.41, 5.74) is 5.94. The molecule has 114 valence electrons. The number of aliphatic hydroxyl groups is 3. The van der Waals surface area contributed by atoms with Crippen LogP contribution in [0.25, 0.3) is 11.0 Å². The lowest BCUT2D eigenvalue weighted by atomic mass is 10.1. The lowest BCUT2D eigenvalue weighted by molar-refractivity contribution is -0.0509. The Morgan fingerprint density at radius 1 is 1.38 bits per heavy atom. The molecule has 4 atom stereocenters. The van der Waals surface area contributed by atoms with Crippen molar-refractivity contribution in [2.24, 2.45) is 0 Å². The zero-order chi connectivity index (χ0) is 15.3. The second-order valence-corrected chi connectivity index (χ2v) is 5.90. The monoisotopic (exact) mass is 378 g/mol. The van der Waals surface area contributed by atoms with Gasteiger partial charge in [0.1, 0.15) is 29.1 Å². The minimum atomic E-state index is -1.22. The number of aliphatic hydroxyl groups excluding tert-OH is 3. The minimum absolute atomic E-state index is 0.0221. The highest BCUT2D eigenvalue weighted by molar-refractivity contribution is 9.10. The summed E-state index contributed by atoms with van der Waals surface area (Å²) in [7, 11) is 0. The number of rotatable bonds is 2. The number of aromatic nitrogens is 3. The summed E-state index contributed by atoms with van der Waals surface area (Å²) < 4.78 is 7.56. The summed E-state index contributed by atoms with van der Waals surface area (Å²) in [6, 6.07) is 0. The molecule has 1 fully saturated rings. The van der Waals surface area contributed by atoms with E-state index in [1.54, 1.807) is 6.20 Å². The van der Waals surface area contributed by atoms with Gasteiger partial charge in [0.25, 0.3) is 0 Å². The Balaban J connectivity index is 2.13. The average Bonchev–Trinajstić information content (AvgIpc) is 2.89. The quantitative estimate of drug-likeness (QED) is 0.543. The van der Waals surface area contributed by atoms with E-state index in [0.717, 1.165) is 0 Å². The summed E-state index contributed by atoms with van der Waals surface area (Å²) in [6.07, 6.45) is -2.62. The number of nitrogen functional groups attached to an aromatic ring is 1. The van der Waals surface area contributed by atoms with Crippen molar-refractivity contribution in [1.82, 2.24) is 14.5 Å². The molecule has 0 aromatic carbocycles. The van der Waals surface area contributed by atoms with Gasteiger partial charge in [0.2, 0.25) is 5.95 Å². The van der Waals surface area contributed by atoms with E-state index < -0.39 is 31.1 Å². The molecule has 2 aromatic rings.